The molecule has 1 saturated carbocycles. The first kappa shape index (κ1) is 24.8. The van der Waals surface area contributed by atoms with E-state index in [9.17, 15) is 8.42 Å². The van der Waals surface area contributed by atoms with Crippen LogP contribution in [0.1, 0.15) is 60.4 Å². The molecular weight excluding hydrogens is 488 g/mol. The van der Waals surface area contributed by atoms with Gasteiger partial charge in [0, 0.05) is 22.0 Å². The number of hydrogen-bond acceptors (Lipinski definition) is 3. The Morgan fingerprint density at radius 2 is 1.61 bits per heavy atom. The van der Waals surface area contributed by atoms with Crippen LogP contribution in [-0.2, 0) is 16.6 Å². The van der Waals surface area contributed by atoms with E-state index in [-0.39, 0.29) is 11.4 Å². The Balaban J connectivity index is 1.78. The summed E-state index contributed by atoms with van der Waals surface area (Å²) in [6.45, 7) is 4.19. The van der Waals surface area contributed by atoms with E-state index in [1.54, 1.807) is 16.4 Å². The van der Waals surface area contributed by atoms with Gasteiger partial charge in [-0.15, -0.1) is 0 Å². The molecule has 186 valence electrons. The van der Waals surface area contributed by atoms with E-state index in [2.05, 4.69) is 0 Å². The summed E-state index contributed by atoms with van der Waals surface area (Å²) in [6.07, 6.45) is 5.75. The molecule has 4 nitrogen and oxygen atoms in total. The molecular formula is C30H31ClN2O2S. The minimum Gasteiger partial charge on any atom is -0.261 e. The molecule has 0 aliphatic heterocycles. The van der Waals surface area contributed by atoms with E-state index < -0.39 is 10.0 Å². The molecule has 36 heavy (non-hydrogen) atoms. The summed E-state index contributed by atoms with van der Waals surface area (Å²) >= 11 is 6.45. The first-order valence-electron chi connectivity index (χ1n) is 12.6. The highest BCUT2D eigenvalue weighted by Crippen LogP contribution is 2.42. The second-order valence-corrected chi connectivity index (χ2v) is 12.1. The van der Waals surface area contributed by atoms with Crippen LogP contribution in [0.25, 0.3) is 10.9 Å². The first-order valence-corrected chi connectivity index (χ1v) is 14.4. The van der Waals surface area contributed by atoms with Crippen molar-refractivity contribution in [3.63, 3.8) is 0 Å². The van der Waals surface area contributed by atoms with Crippen LogP contribution < -0.4 is 4.31 Å². The lowest BCUT2D eigenvalue weighted by atomic mass is 9.84. The van der Waals surface area contributed by atoms with Crippen molar-refractivity contribution in [3.8, 4) is 0 Å². The highest BCUT2D eigenvalue weighted by Gasteiger charge is 2.31. The number of hydrogen-bond donors (Lipinski definition) is 0. The number of aromatic nitrogens is 1. The van der Waals surface area contributed by atoms with Gasteiger partial charge in [0.2, 0.25) is 0 Å². The van der Waals surface area contributed by atoms with Crippen molar-refractivity contribution in [2.45, 2.75) is 63.3 Å². The molecule has 1 aliphatic rings. The molecule has 0 saturated heterocycles. The summed E-state index contributed by atoms with van der Waals surface area (Å²) in [6, 6.07) is 22.4. The molecule has 0 atom stereocenters. The van der Waals surface area contributed by atoms with Crippen LogP contribution in [0, 0.1) is 13.8 Å². The smallest absolute Gasteiger partial charge is 0.261 e. The van der Waals surface area contributed by atoms with Gasteiger partial charge < -0.3 is 0 Å². The van der Waals surface area contributed by atoms with Gasteiger partial charge in [-0.2, -0.15) is 0 Å². The van der Waals surface area contributed by atoms with Gasteiger partial charge in [0.1, 0.15) is 0 Å². The third kappa shape index (κ3) is 4.87. The maximum absolute atomic E-state index is 14.3. The molecule has 0 amide bonds. The lowest BCUT2D eigenvalue weighted by Crippen LogP contribution is -2.32. The number of anilines is 1. The average molecular weight is 519 g/mol. The van der Waals surface area contributed by atoms with Crippen molar-refractivity contribution in [2.24, 2.45) is 0 Å². The second-order valence-electron chi connectivity index (χ2n) is 9.78. The van der Waals surface area contributed by atoms with Gasteiger partial charge in [0.05, 0.1) is 22.6 Å². The van der Waals surface area contributed by atoms with E-state index in [1.807, 2.05) is 74.5 Å². The van der Waals surface area contributed by atoms with Crippen molar-refractivity contribution in [3.05, 3.63) is 100 Å². The fourth-order valence-electron chi connectivity index (χ4n) is 5.30. The zero-order valence-corrected chi connectivity index (χ0v) is 22.3. The number of fused-ring (bicyclic) bond motifs is 1. The van der Waals surface area contributed by atoms with E-state index in [4.69, 9.17) is 16.6 Å². The van der Waals surface area contributed by atoms with Crippen molar-refractivity contribution < 1.29 is 8.42 Å². The number of benzene rings is 3. The predicted molar refractivity (Wildman–Crippen MR) is 148 cm³/mol. The number of rotatable bonds is 6. The van der Waals surface area contributed by atoms with E-state index in [1.165, 1.54) is 19.3 Å². The molecule has 1 heterocycles. The molecule has 0 bridgehead atoms. The van der Waals surface area contributed by atoms with Crippen molar-refractivity contribution in [2.75, 3.05) is 4.31 Å². The largest absolute Gasteiger partial charge is 0.264 e. The monoisotopic (exact) mass is 518 g/mol. The van der Waals surface area contributed by atoms with Crippen molar-refractivity contribution in [1.82, 2.24) is 4.98 Å². The molecule has 5 rings (SSSR count). The van der Waals surface area contributed by atoms with E-state index in [0.717, 1.165) is 46.1 Å². The Kier molecular flexibility index (Phi) is 7.05. The van der Waals surface area contributed by atoms with Crippen molar-refractivity contribution in [1.29, 1.82) is 0 Å². The Hall–Kier alpha value is -2.89. The summed E-state index contributed by atoms with van der Waals surface area (Å²) in [5.41, 5.74) is 5.31. The van der Waals surface area contributed by atoms with Gasteiger partial charge in [0.25, 0.3) is 10.0 Å². The third-order valence-electron chi connectivity index (χ3n) is 7.21. The summed E-state index contributed by atoms with van der Waals surface area (Å²) in [4.78, 5) is 5.35. The van der Waals surface area contributed by atoms with Gasteiger partial charge in [-0.1, -0.05) is 78.9 Å². The fourth-order valence-corrected chi connectivity index (χ4v) is 7.00. The molecule has 0 radical (unpaired) electrons. The highest BCUT2D eigenvalue weighted by molar-refractivity contribution is 7.92. The van der Waals surface area contributed by atoms with Gasteiger partial charge in [-0.3, -0.25) is 9.29 Å². The lowest BCUT2D eigenvalue weighted by molar-refractivity contribution is 0.436. The molecule has 1 fully saturated rings. The predicted octanol–water partition coefficient (Wildman–Crippen LogP) is 7.95. The Morgan fingerprint density at radius 3 is 2.31 bits per heavy atom. The topological polar surface area (TPSA) is 50.3 Å². The van der Waals surface area contributed by atoms with Crippen LogP contribution >= 0.6 is 11.6 Å². The normalized spacial score (nSPS) is 14.8. The Labute approximate surface area is 219 Å². The van der Waals surface area contributed by atoms with Crippen LogP contribution in [-0.4, -0.2) is 13.4 Å². The zero-order valence-electron chi connectivity index (χ0n) is 20.7. The number of sulfonamides is 1. The van der Waals surface area contributed by atoms with Crippen LogP contribution in [0.15, 0.2) is 77.7 Å². The summed E-state index contributed by atoms with van der Waals surface area (Å²) < 4.78 is 30.1. The Bertz CT molecular complexity index is 1480. The molecule has 0 spiro atoms. The van der Waals surface area contributed by atoms with Gasteiger partial charge in [0.15, 0.2) is 0 Å². The Morgan fingerprint density at radius 1 is 0.917 bits per heavy atom. The van der Waals surface area contributed by atoms with E-state index >= 15 is 0 Å². The quantitative estimate of drug-likeness (QED) is 0.260. The standard InChI is InChI=1S/C30H31ClN2O2S/c1-21-13-16-26(17-14-21)36(34,35)33(20-23-9-5-3-6-10-23)30-22(2)29(24-11-7-4-8-12-24)32-28-18-15-25(31)19-27(28)30/h3,5-6,9-10,13-19,24H,4,7-8,11-12,20H2,1-2H3. The second kappa shape index (κ2) is 10.2. The first-order chi connectivity index (χ1) is 17.3. The molecule has 0 unspecified atom stereocenters. The number of halogens is 1. The molecule has 1 aliphatic carbocycles. The summed E-state index contributed by atoms with van der Waals surface area (Å²) in [5, 5.41) is 1.31. The number of aryl methyl sites for hydroxylation is 1. The average Bonchev–Trinajstić information content (AvgIpc) is 2.89. The molecule has 0 N–H and O–H groups in total. The minimum atomic E-state index is -3.88. The summed E-state index contributed by atoms with van der Waals surface area (Å²) in [7, 11) is -3.88. The number of nitrogens with zero attached hydrogens (tertiary/aromatic N) is 2. The summed E-state index contributed by atoms with van der Waals surface area (Å²) in [5.74, 6) is 0.332. The highest BCUT2D eigenvalue weighted by atomic mass is 35.5. The van der Waals surface area contributed by atoms with Crippen molar-refractivity contribution >= 4 is 38.2 Å². The molecule has 6 heteroatoms. The minimum absolute atomic E-state index is 0.216. The van der Waals surface area contributed by atoms with Crippen LogP contribution in [0.4, 0.5) is 5.69 Å². The van der Waals surface area contributed by atoms with Gasteiger partial charge in [-0.25, -0.2) is 8.42 Å². The third-order valence-corrected chi connectivity index (χ3v) is 9.21. The van der Waals surface area contributed by atoms with Gasteiger partial charge in [-0.05, 0) is 68.1 Å². The molecule has 3 aromatic carbocycles. The molecule has 1 aromatic heterocycles. The molecule has 4 aromatic rings. The lowest BCUT2D eigenvalue weighted by Gasteiger charge is -2.30. The van der Waals surface area contributed by atoms with Crippen LogP contribution in [0.3, 0.4) is 0 Å². The fraction of sp³-hybridized carbons (Fsp3) is 0.300. The van der Waals surface area contributed by atoms with Crippen LogP contribution in [0.5, 0.6) is 0 Å². The van der Waals surface area contributed by atoms with E-state index in [0.29, 0.717) is 16.6 Å². The van der Waals surface area contributed by atoms with Gasteiger partial charge >= 0.3 is 0 Å². The zero-order chi connectivity index (χ0) is 25.3. The SMILES string of the molecule is Cc1ccc(S(=O)(=O)N(Cc2ccccc2)c2c(C)c(C3CCCCC3)nc3ccc(Cl)cc23)cc1. The maximum Gasteiger partial charge on any atom is 0.264 e. The maximum atomic E-state index is 14.3. The number of pyridine rings is 1. The van der Waals surface area contributed by atoms with Crippen LogP contribution in [0.2, 0.25) is 5.02 Å².